The summed E-state index contributed by atoms with van der Waals surface area (Å²) < 4.78 is 1.96. The molecule has 4 heterocycles. The molecule has 2 aromatic heterocycles. The van der Waals surface area contributed by atoms with Crippen LogP contribution in [0, 0.1) is 6.92 Å². The summed E-state index contributed by atoms with van der Waals surface area (Å²) in [7, 11) is 2.00. The highest BCUT2D eigenvalue weighted by atomic mass is 16.2. The molecule has 0 aromatic carbocycles. The second-order valence-corrected chi connectivity index (χ2v) is 9.17. The minimum Gasteiger partial charge on any atom is -0.297 e. The summed E-state index contributed by atoms with van der Waals surface area (Å²) in [6, 6.07) is 2.43. The van der Waals surface area contributed by atoms with E-state index in [1.165, 1.54) is 24.1 Å². The minimum atomic E-state index is 0.254. The number of anilines is 1. The summed E-state index contributed by atoms with van der Waals surface area (Å²) >= 11 is 0. The first kappa shape index (κ1) is 19.7. The quantitative estimate of drug-likeness (QED) is 0.778. The summed E-state index contributed by atoms with van der Waals surface area (Å²) in [6.07, 6.45) is 10.0. The summed E-state index contributed by atoms with van der Waals surface area (Å²) in [5, 5.41) is 4.28. The van der Waals surface area contributed by atoms with Gasteiger partial charge in [0.2, 0.25) is 5.91 Å². The lowest BCUT2D eigenvalue weighted by atomic mass is 9.94. The van der Waals surface area contributed by atoms with E-state index >= 15 is 0 Å². The number of likely N-dealkylation sites (tertiary alicyclic amines) is 1. The molecule has 1 saturated carbocycles. The van der Waals surface area contributed by atoms with Gasteiger partial charge in [0.1, 0.15) is 11.6 Å². The molecule has 0 atom stereocenters. The van der Waals surface area contributed by atoms with Gasteiger partial charge in [-0.1, -0.05) is 12.8 Å². The van der Waals surface area contributed by atoms with Crippen molar-refractivity contribution in [2.24, 2.45) is 7.05 Å². The molecule has 3 aliphatic rings. The molecule has 1 amide bonds. The first-order valence-corrected chi connectivity index (χ1v) is 11.5. The van der Waals surface area contributed by atoms with Crippen molar-refractivity contribution in [1.29, 1.82) is 0 Å². The van der Waals surface area contributed by atoms with Gasteiger partial charge in [-0.15, -0.1) is 0 Å². The van der Waals surface area contributed by atoms with E-state index in [0.29, 0.717) is 18.4 Å². The van der Waals surface area contributed by atoms with Crippen molar-refractivity contribution in [2.75, 3.05) is 18.0 Å². The number of nitrogens with zero attached hydrogens (tertiary/aromatic N) is 6. The van der Waals surface area contributed by atoms with E-state index < -0.39 is 0 Å². The van der Waals surface area contributed by atoms with Crippen LogP contribution in [0.3, 0.4) is 0 Å². The molecule has 0 spiro atoms. The van der Waals surface area contributed by atoms with E-state index in [1.54, 1.807) is 0 Å². The van der Waals surface area contributed by atoms with Gasteiger partial charge in [-0.2, -0.15) is 5.10 Å². The van der Waals surface area contributed by atoms with Gasteiger partial charge in [-0.05, 0) is 58.2 Å². The number of carbonyl (C=O) groups is 1. The van der Waals surface area contributed by atoms with Gasteiger partial charge in [-0.3, -0.25) is 19.3 Å². The lowest BCUT2D eigenvalue weighted by molar-refractivity contribution is -0.119. The van der Waals surface area contributed by atoms with Crippen molar-refractivity contribution in [3.05, 3.63) is 35.0 Å². The number of amides is 1. The Balaban J connectivity index is 1.34. The van der Waals surface area contributed by atoms with E-state index in [2.05, 4.69) is 23.0 Å². The standard InChI is InChI=1S/C23H32N6O/c1-16-20-7-8-21(30)29(18-5-3-4-6-18)23(20)26-22(25-16)17-10-13-28(14-11-17)15-19-9-12-24-27(19)2/h9,12,17-18H,3-8,10-11,13-15H2,1-2H3. The van der Waals surface area contributed by atoms with Gasteiger partial charge < -0.3 is 0 Å². The van der Waals surface area contributed by atoms with Crippen LogP contribution in [0.2, 0.25) is 0 Å². The Morgan fingerprint density at radius 2 is 1.83 bits per heavy atom. The zero-order chi connectivity index (χ0) is 20.7. The third-order valence-corrected chi connectivity index (χ3v) is 7.25. The van der Waals surface area contributed by atoms with Crippen LogP contribution in [0.4, 0.5) is 5.82 Å². The zero-order valence-corrected chi connectivity index (χ0v) is 18.2. The lowest BCUT2D eigenvalue weighted by Gasteiger charge is -2.35. The molecule has 2 aliphatic heterocycles. The highest BCUT2D eigenvalue weighted by molar-refractivity contribution is 5.96. The zero-order valence-electron chi connectivity index (χ0n) is 18.2. The average molecular weight is 409 g/mol. The molecule has 0 radical (unpaired) electrons. The van der Waals surface area contributed by atoms with Crippen LogP contribution in [0.5, 0.6) is 0 Å². The van der Waals surface area contributed by atoms with Crippen molar-refractivity contribution in [3.63, 3.8) is 0 Å². The molecule has 0 unspecified atom stereocenters. The number of aryl methyl sites for hydroxylation is 2. The van der Waals surface area contributed by atoms with E-state index in [1.807, 2.05) is 22.8 Å². The van der Waals surface area contributed by atoms with Crippen LogP contribution in [0.15, 0.2) is 12.3 Å². The fourth-order valence-corrected chi connectivity index (χ4v) is 5.42. The van der Waals surface area contributed by atoms with E-state index in [9.17, 15) is 4.79 Å². The molecule has 7 heteroatoms. The van der Waals surface area contributed by atoms with Crippen molar-refractivity contribution in [1.82, 2.24) is 24.6 Å². The Hall–Kier alpha value is -2.28. The number of carbonyl (C=O) groups excluding carboxylic acids is 1. The molecule has 7 nitrogen and oxygen atoms in total. The van der Waals surface area contributed by atoms with Crippen LogP contribution in [0.1, 0.15) is 73.6 Å². The van der Waals surface area contributed by atoms with Crippen LogP contribution in [-0.4, -0.2) is 49.7 Å². The summed E-state index contributed by atoms with van der Waals surface area (Å²) in [4.78, 5) is 27.3. The molecule has 5 rings (SSSR count). The van der Waals surface area contributed by atoms with Crippen LogP contribution in [-0.2, 0) is 24.8 Å². The normalized spacial score (nSPS) is 21.4. The number of hydrogen-bond donors (Lipinski definition) is 0. The number of piperidine rings is 1. The SMILES string of the molecule is Cc1nc(C2CCN(Cc3ccnn3C)CC2)nc2c1CCC(=O)N2C1CCCC1. The molecule has 160 valence electrons. The first-order chi connectivity index (χ1) is 14.6. The van der Waals surface area contributed by atoms with E-state index in [4.69, 9.17) is 9.97 Å². The van der Waals surface area contributed by atoms with Crippen LogP contribution in [0.25, 0.3) is 0 Å². The van der Waals surface area contributed by atoms with Crippen molar-refractivity contribution >= 4 is 11.7 Å². The highest BCUT2D eigenvalue weighted by Gasteiger charge is 2.35. The summed E-state index contributed by atoms with van der Waals surface area (Å²) in [5.74, 6) is 2.51. The Morgan fingerprint density at radius 3 is 2.53 bits per heavy atom. The fourth-order valence-electron chi connectivity index (χ4n) is 5.42. The maximum atomic E-state index is 12.8. The Morgan fingerprint density at radius 1 is 1.07 bits per heavy atom. The van der Waals surface area contributed by atoms with E-state index in [0.717, 1.165) is 69.1 Å². The van der Waals surface area contributed by atoms with Crippen LogP contribution < -0.4 is 4.90 Å². The third kappa shape index (κ3) is 3.64. The predicted molar refractivity (Wildman–Crippen MR) is 115 cm³/mol. The maximum Gasteiger partial charge on any atom is 0.228 e. The molecular formula is C23H32N6O. The molecule has 1 aliphatic carbocycles. The van der Waals surface area contributed by atoms with Crippen LogP contribution >= 0.6 is 0 Å². The van der Waals surface area contributed by atoms with Gasteiger partial charge in [0.15, 0.2) is 0 Å². The fraction of sp³-hybridized carbons (Fsp3) is 0.652. The topological polar surface area (TPSA) is 67.2 Å². The highest BCUT2D eigenvalue weighted by Crippen LogP contribution is 2.36. The molecule has 1 saturated heterocycles. The smallest absolute Gasteiger partial charge is 0.228 e. The van der Waals surface area contributed by atoms with Gasteiger partial charge in [0.05, 0.1) is 5.69 Å². The Labute approximate surface area is 178 Å². The third-order valence-electron chi connectivity index (χ3n) is 7.25. The molecule has 0 N–H and O–H groups in total. The molecule has 2 aromatic rings. The first-order valence-electron chi connectivity index (χ1n) is 11.5. The van der Waals surface area contributed by atoms with Crippen molar-refractivity contribution in [2.45, 2.75) is 76.8 Å². The monoisotopic (exact) mass is 408 g/mol. The Bertz CT molecular complexity index is 924. The molecule has 30 heavy (non-hydrogen) atoms. The number of aromatic nitrogens is 4. The average Bonchev–Trinajstić information content (AvgIpc) is 3.41. The molecule has 0 bridgehead atoms. The van der Waals surface area contributed by atoms with Gasteiger partial charge >= 0.3 is 0 Å². The predicted octanol–water partition coefficient (Wildman–Crippen LogP) is 3.12. The number of rotatable bonds is 4. The Kier molecular flexibility index (Phi) is 5.31. The maximum absolute atomic E-state index is 12.8. The summed E-state index contributed by atoms with van der Waals surface area (Å²) in [5.41, 5.74) is 3.52. The second kappa shape index (κ2) is 8.10. The van der Waals surface area contributed by atoms with Gasteiger partial charge in [-0.25, -0.2) is 9.97 Å². The summed E-state index contributed by atoms with van der Waals surface area (Å²) in [6.45, 7) is 5.13. The number of fused-ring (bicyclic) bond motifs is 1. The van der Waals surface area contributed by atoms with Crippen molar-refractivity contribution < 1.29 is 4.79 Å². The lowest BCUT2D eigenvalue weighted by Crippen LogP contribution is -2.43. The number of hydrogen-bond acceptors (Lipinski definition) is 5. The van der Waals surface area contributed by atoms with Gasteiger partial charge in [0.25, 0.3) is 0 Å². The largest absolute Gasteiger partial charge is 0.297 e. The minimum absolute atomic E-state index is 0.254. The van der Waals surface area contributed by atoms with E-state index in [-0.39, 0.29) is 5.91 Å². The van der Waals surface area contributed by atoms with Crippen molar-refractivity contribution in [3.8, 4) is 0 Å². The second-order valence-electron chi connectivity index (χ2n) is 9.17. The van der Waals surface area contributed by atoms with Gasteiger partial charge in [0, 0.05) is 49.4 Å². The molecule has 2 fully saturated rings. The molecular weight excluding hydrogens is 376 g/mol.